The predicted octanol–water partition coefficient (Wildman–Crippen LogP) is 5.15. The molecule has 208 valence electrons. The Hall–Kier alpha value is -3.95. The maximum atomic E-state index is 15.6. The number of fused-ring (bicyclic) bond motifs is 1. The zero-order valence-corrected chi connectivity index (χ0v) is 22.8. The van der Waals surface area contributed by atoms with Gasteiger partial charge in [0.1, 0.15) is 28.4 Å². The number of hydrogen-bond donors (Lipinski definition) is 3. The van der Waals surface area contributed by atoms with E-state index in [0.29, 0.717) is 35.2 Å². The summed E-state index contributed by atoms with van der Waals surface area (Å²) in [5.74, 6) is -1.49. The van der Waals surface area contributed by atoms with Crippen molar-refractivity contribution in [2.45, 2.75) is 44.8 Å². The number of ether oxygens (including phenoxy) is 1. The third kappa shape index (κ3) is 5.26. The monoisotopic (exact) mass is 547 g/mol. The number of methoxy groups -OCH3 is 1. The van der Waals surface area contributed by atoms with Gasteiger partial charge in [-0.2, -0.15) is 0 Å². The van der Waals surface area contributed by atoms with Gasteiger partial charge in [0.05, 0.1) is 24.9 Å². The molecule has 0 bridgehead atoms. The maximum absolute atomic E-state index is 15.6. The molecule has 9 heteroatoms. The van der Waals surface area contributed by atoms with Crippen LogP contribution >= 0.6 is 0 Å². The SMILES string of the molecule is COc1cc(C(=O)NC[C@](O)(c2cc(C(C)(C)O)c(F)c(-c3ccc(F)cc3)n2)C2CC2)cc2cc(C)cnc12. The number of carbonyl (C=O) groups is 1. The molecule has 0 radical (unpaired) electrons. The van der Waals surface area contributed by atoms with E-state index >= 15 is 4.39 Å². The van der Waals surface area contributed by atoms with Crippen LogP contribution in [0.2, 0.25) is 0 Å². The fourth-order valence-electron chi connectivity index (χ4n) is 4.93. The Morgan fingerprint density at radius 1 is 1.10 bits per heavy atom. The molecule has 0 aliphatic heterocycles. The zero-order chi connectivity index (χ0) is 28.8. The summed E-state index contributed by atoms with van der Waals surface area (Å²) in [6, 6.07) is 11.7. The maximum Gasteiger partial charge on any atom is 0.251 e. The number of hydrogen-bond acceptors (Lipinski definition) is 6. The Kier molecular flexibility index (Phi) is 7.06. The van der Waals surface area contributed by atoms with E-state index in [-0.39, 0.29) is 29.4 Å². The summed E-state index contributed by atoms with van der Waals surface area (Å²) < 4.78 is 34.7. The number of nitrogens with zero attached hydrogens (tertiary/aromatic N) is 2. The molecule has 0 saturated heterocycles. The highest BCUT2D eigenvalue weighted by atomic mass is 19.1. The standard InChI is InChI=1S/C31H31F2N3O4/c1-17-11-19-12-20(13-24(40-4)27(19)34-15-17)29(37)35-16-31(39,21-7-8-21)25-14-23(30(2,3)38)26(33)28(36-25)18-5-9-22(32)10-6-18/h5-6,9-15,21,38-39H,7-8,16H2,1-4H3,(H,35,37)/t31-/m1/s1. The van der Waals surface area contributed by atoms with Gasteiger partial charge in [0.15, 0.2) is 5.82 Å². The normalized spacial score (nSPS) is 15.1. The number of aromatic nitrogens is 2. The average Bonchev–Trinajstić information content (AvgIpc) is 3.77. The number of aryl methyl sites for hydroxylation is 1. The van der Waals surface area contributed by atoms with Crippen LogP contribution in [0.1, 0.15) is 53.9 Å². The molecule has 1 saturated carbocycles. The second-order valence-corrected chi connectivity index (χ2v) is 10.9. The molecule has 1 aliphatic rings. The highest BCUT2D eigenvalue weighted by molar-refractivity contribution is 6.00. The molecule has 7 nitrogen and oxygen atoms in total. The second kappa shape index (κ2) is 10.2. The molecule has 0 spiro atoms. The van der Waals surface area contributed by atoms with Gasteiger partial charge in [-0.1, -0.05) is 0 Å². The van der Waals surface area contributed by atoms with Crippen molar-refractivity contribution in [1.82, 2.24) is 15.3 Å². The summed E-state index contributed by atoms with van der Waals surface area (Å²) in [5.41, 5.74) is -1.14. The lowest BCUT2D eigenvalue weighted by Crippen LogP contribution is -2.43. The Morgan fingerprint density at radius 2 is 1.80 bits per heavy atom. The summed E-state index contributed by atoms with van der Waals surface area (Å²) in [5, 5.41) is 26.3. The lowest BCUT2D eigenvalue weighted by Gasteiger charge is -2.31. The largest absolute Gasteiger partial charge is 0.494 e. The quantitative estimate of drug-likeness (QED) is 0.282. The first-order valence-corrected chi connectivity index (χ1v) is 13.1. The molecule has 2 aromatic heterocycles. The van der Waals surface area contributed by atoms with E-state index in [2.05, 4.69) is 15.3 Å². The number of halogens is 2. The van der Waals surface area contributed by atoms with Gasteiger partial charge in [-0.25, -0.2) is 13.8 Å². The van der Waals surface area contributed by atoms with E-state index in [4.69, 9.17) is 4.74 Å². The van der Waals surface area contributed by atoms with Crippen molar-refractivity contribution in [3.05, 3.63) is 88.7 Å². The predicted molar refractivity (Wildman–Crippen MR) is 147 cm³/mol. The number of rotatable bonds is 8. The smallest absolute Gasteiger partial charge is 0.251 e. The van der Waals surface area contributed by atoms with Gasteiger partial charge >= 0.3 is 0 Å². The van der Waals surface area contributed by atoms with Crippen LogP contribution in [0.25, 0.3) is 22.2 Å². The van der Waals surface area contributed by atoms with Crippen LogP contribution in [0, 0.1) is 24.5 Å². The van der Waals surface area contributed by atoms with E-state index in [1.165, 1.54) is 51.3 Å². The first-order chi connectivity index (χ1) is 18.9. The molecule has 1 atom stereocenters. The second-order valence-electron chi connectivity index (χ2n) is 10.9. The van der Waals surface area contributed by atoms with Crippen LogP contribution in [-0.2, 0) is 11.2 Å². The summed E-state index contributed by atoms with van der Waals surface area (Å²) in [4.78, 5) is 22.2. The summed E-state index contributed by atoms with van der Waals surface area (Å²) >= 11 is 0. The first-order valence-electron chi connectivity index (χ1n) is 13.1. The Morgan fingerprint density at radius 3 is 2.42 bits per heavy atom. The van der Waals surface area contributed by atoms with Crippen molar-refractivity contribution in [3.8, 4) is 17.0 Å². The van der Waals surface area contributed by atoms with Crippen LogP contribution in [0.3, 0.4) is 0 Å². The van der Waals surface area contributed by atoms with Crippen LogP contribution in [0.4, 0.5) is 8.78 Å². The number of carbonyl (C=O) groups excluding carboxylic acids is 1. The van der Waals surface area contributed by atoms with Gasteiger partial charge in [-0.15, -0.1) is 0 Å². The molecule has 4 aromatic rings. The molecule has 2 aromatic carbocycles. The molecule has 2 heterocycles. The van der Waals surface area contributed by atoms with Gasteiger partial charge in [0.25, 0.3) is 5.91 Å². The van der Waals surface area contributed by atoms with Crippen molar-refractivity contribution in [2.75, 3.05) is 13.7 Å². The molecular formula is C31H31F2N3O4. The van der Waals surface area contributed by atoms with E-state index < -0.39 is 28.7 Å². The van der Waals surface area contributed by atoms with Crippen molar-refractivity contribution < 1.29 is 28.5 Å². The van der Waals surface area contributed by atoms with Gasteiger partial charge in [-0.05, 0) is 93.6 Å². The summed E-state index contributed by atoms with van der Waals surface area (Å²) in [6.45, 7) is 4.57. The molecule has 3 N–H and O–H groups in total. The van der Waals surface area contributed by atoms with Crippen LogP contribution in [0.5, 0.6) is 5.75 Å². The minimum Gasteiger partial charge on any atom is -0.494 e. The van der Waals surface area contributed by atoms with E-state index in [1.54, 1.807) is 18.3 Å². The zero-order valence-electron chi connectivity index (χ0n) is 22.8. The number of pyridine rings is 2. The summed E-state index contributed by atoms with van der Waals surface area (Å²) in [6.07, 6.45) is 3.09. The Labute approximate surface area is 230 Å². The molecule has 5 rings (SSSR count). The van der Waals surface area contributed by atoms with Crippen molar-refractivity contribution in [3.63, 3.8) is 0 Å². The number of aliphatic hydroxyl groups is 2. The van der Waals surface area contributed by atoms with Gasteiger partial charge in [0, 0.05) is 28.3 Å². The Balaban J connectivity index is 1.52. The highest BCUT2D eigenvalue weighted by Gasteiger charge is 2.47. The molecule has 1 fully saturated rings. The summed E-state index contributed by atoms with van der Waals surface area (Å²) in [7, 11) is 1.50. The van der Waals surface area contributed by atoms with E-state index in [0.717, 1.165) is 10.9 Å². The van der Waals surface area contributed by atoms with Crippen molar-refractivity contribution in [2.24, 2.45) is 5.92 Å². The van der Waals surface area contributed by atoms with Crippen LogP contribution < -0.4 is 10.1 Å². The van der Waals surface area contributed by atoms with E-state index in [9.17, 15) is 19.4 Å². The average molecular weight is 548 g/mol. The number of benzene rings is 2. The fraction of sp³-hybridized carbons (Fsp3) is 0.323. The van der Waals surface area contributed by atoms with E-state index in [1.807, 2.05) is 13.0 Å². The fourth-order valence-corrected chi connectivity index (χ4v) is 4.93. The molecule has 1 aliphatic carbocycles. The number of nitrogens with one attached hydrogen (secondary N) is 1. The highest BCUT2D eigenvalue weighted by Crippen LogP contribution is 2.46. The van der Waals surface area contributed by atoms with Crippen molar-refractivity contribution in [1.29, 1.82) is 0 Å². The first kappa shape index (κ1) is 27.6. The van der Waals surface area contributed by atoms with Gasteiger partial charge in [-0.3, -0.25) is 9.78 Å². The Bertz CT molecular complexity index is 1600. The van der Waals surface area contributed by atoms with Crippen LogP contribution in [0.15, 0.2) is 54.7 Å². The van der Waals surface area contributed by atoms with Crippen molar-refractivity contribution >= 4 is 16.8 Å². The molecule has 1 amide bonds. The molecule has 40 heavy (non-hydrogen) atoms. The molecular weight excluding hydrogens is 516 g/mol. The number of amides is 1. The lowest BCUT2D eigenvalue weighted by atomic mass is 9.87. The lowest BCUT2D eigenvalue weighted by molar-refractivity contribution is 0.00864. The van der Waals surface area contributed by atoms with Gasteiger partial charge < -0.3 is 20.3 Å². The third-order valence-corrected chi connectivity index (χ3v) is 7.32. The van der Waals surface area contributed by atoms with Gasteiger partial charge in [0.2, 0.25) is 0 Å². The third-order valence-electron chi connectivity index (χ3n) is 7.32. The minimum atomic E-state index is -1.64. The molecule has 0 unspecified atom stereocenters. The van der Waals surface area contributed by atoms with Crippen LogP contribution in [-0.4, -0.2) is 39.7 Å². The minimum absolute atomic E-state index is 0.0654. The topological polar surface area (TPSA) is 105 Å².